The van der Waals surface area contributed by atoms with Gasteiger partial charge in [0.2, 0.25) is 0 Å². The zero-order valence-electron chi connectivity index (χ0n) is 18.1. The van der Waals surface area contributed by atoms with E-state index in [9.17, 15) is 5.11 Å². The first kappa shape index (κ1) is 18.7. The van der Waals surface area contributed by atoms with Gasteiger partial charge in [-0.15, -0.1) is 0 Å². The van der Waals surface area contributed by atoms with Gasteiger partial charge >= 0.3 is 0 Å². The summed E-state index contributed by atoms with van der Waals surface area (Å²) >= 11 is 0. The fourth-order valence-electron chi connectivity index (χ4n) is 7.84. The third-order valence-electron chi connectivity index (χ3n) is 9.41. The zero-order chi connectivity index (χ0) is 19.7. The summed E-state index contributed by atoms with van der Waals surface area (Å²) in [6.45, 7) is 9.68. The average molecular weight is 377 g/mol. The first-order chi connectivity index (χ1) is 13.3. The molecule has 2 fully saturated rings. The Labute approximate surface area is 170 Å². The van der Waals surface area contributed by atoms with Gasteiger partial charge in [0.15, 0.2) is 0 Å². The molecule has 1 nitrogen and oxygen atoms in total. The monoisotopic (exact) mass is 376 g/mol. The van der Waals surface area contributed by atoms with Crippen molar-refractivity contribution in [3.05, 3.63) is 52.6 Å². The Balaban J connectivity index is 1.50. The second-order valence-electron chi connectivity index (χ2n) is 10.7. The number of aryl methyl sites for hydroxylation is 2. The van der Waals surface area contributed by atoms with E-state index in [-0.39, 0.29) is 6.10 Å². The fourth-order valence-corrected chi connectivity index (χ4v) is 7.84. The van der Waals surface area contributed by atoms with Crippen molar-refractivity contribution >= 4 is 5.57 Å². The predicted octanol–water partition coefficient (Wildman–Crippen LogP) is 6.62. The SMILES string of the molecule is Cc1cccc(C)c1C1=CCC2C3CC=C4CC(O)CCC4(C)C3CCC12C. The van der Waals surface area contributed by atoms with Crippen LogP contribution in [0.15, 0.2) is 35.9 Å². The molecule has 5 rings (SSSR count). The number of aliphatic hydroxyl groups is 1. The van der Waals surface area contributed by atoms with Gasteiger partial charge in [0.1, 0.15) is 0 Å². The molecule has 0 bridgehead atoms. The van der Waals surface area contributed by atoms with Crippen LogP contribution in [0.2, 0.25) is 0 Å². The van der Waals surface area contributed by atoms with Crippen LogP contribution in [0.25, 0.3) is 5.57 Å². The molecule has 2 saturated carbocycles. The van der Waals surface area contributed by atoms with Crippen molar-refractivity contribution < 1.29 is 5.11 Å². The quantitative estimate of drug-likeness (QED) is 0.546. The van der Waals surface area contributed by atoms with Gasteiger partial charge in [0.05, 0.1) is 6.10 Å². The number of rotatable bonds is 1. The van der Waals surface area contributed by atoms with Crippen LogP contribution in [-0.2, 0) is 0 Å². The molecule has 4 aliphatic carbocycles. The Morgan fingerprint density at radius 1 is 0.893 bits per heavy atom. The van der Waals surface area contributed by atoms with Gasteiger partial charge < -0.3 is 5.11 Å². The number of fused-ring (bicyclic) bond motifs is 5. The van der Waals surface area contributed by atoms with Crippen molar-refractivity contribution in [1.82, 2.24) is 0 Å². The lowest BCUT2D eigenvalue weighted by molar-refractivity contribution is -0.0238. The molecule has 0 radical (unpaired) electrons. The van der Waals surface area contributed by atoms with Gasteiger partial charge in [0.25, 0.3) is 0 Å². The molecule has 150 valence electrons. The van der Waals surface area contributed by atoms with Crippen LogP contribution in [0.4, 0.5) is 0 Å². The maximum Gasteiger partial charge on any atom is 0.0577 e. The van der Waals surface area contributed by atoms with Crippen molar-refractivity contribution in [2.24, 2.45) is 28.6 Å². The maximum absolute atomic E-state index is 10.2. The van der Waals surface area contributed by atoms with Gasteiger partial charge in [0, 0.05) is 0 Å². The lowest BCUT2D eigenvalue weighted by atomic mass is 9.47. The molecule has 1 N–H and O–H groups in total. The lowest BCUT2D eigenvalue weighted by Crippen LogP contribution is -2.49. The number of hydrogen-bond acceptors (Lipinski definition) is 1. The molecular weight excluding hydrogens is 340 g/mol. The summed E-state index contributed by atoms with van der Waals surface area (Å²) in [4.78, 5) is 0. The Hall–Kier alpha value is -1.34. The van der Waals surface area contributed by atoms with Gasteiger partial charge in [-0.2, -0.15) is 0 Å². The van der Waals surface area contributed by atoms with E-state index in [1.165, 1.54) is 48.8 Å². The van der Waals surface area contributed by atoms with Crippen LogP contribution in [0.3, 0.4) is 0 Å². The van der Waals surface area contributed by atoms with E-state index in [2.05, 4.69) is 58.0 Å². The minimum Gasteiger partial charge on any atom is -0.393 e. The van der Waals surface area contributed by atoms with Crippen LogP contribution in [-0.4, -0.2) is 11.2 Å². The Kier molecular flexibility index (Phi) is 4.22. The second-order valence-corrected chi connectivity index (χ2v) is 10.7. The Morgan fingerprint density at radius 3 is 2.36 bits per heavy atom. The van der Waals surface area contributed by atoms with E-state index >= 15 is 0 Å². The van der Waals surface area contributed by atoms with E-state index in [4.69, 9.17) is 0 Å². The van der Waals surface area contributed by atoms with E-state index in [1.807, 2.05) is 0 Å². The molecule has 0 heterocycles. The smallest absolute Gasteiger partial charge is 0.0577 e. The lowest BCUT2D eigenvalue weighted by Gasteiger charge is -2.57. The van der Waals surface area contributed by atoms with Crippen molar-refractivity contribution in [3.63, 3.8) is 0 Å². The van der Waals surface area contributed by atoms with Crippen LogP contribution in [0.5, 0.6) is 0 Å². The van der Waals surface area contributed by atoms with E-state index in [1.54, 1.807) is 11.1 Å². The Morgan fingerprint density at radius 2 is 1.61 bits per heavy atom. The fraction of sp³-hybridized carbons (Fsp3) is 0.630. The van der Waals surface area contributed by atoms with Crippen molar-refractivity contribution in [1.29, 1.82) is 0 Å². The molecule has 1 aromatic carbocycles. The minimum absolute atomic E-state index is 0.103. The molecule has 0 aromatic heterocycles. The normalized spacial score (nSPS) is 42.2. The largest absolute Gasteiger partial charge is 0.393 e. The summed E-state index contributed by atoms with van der Waals surface area (Å²) in [5.41, 5.74) is 8.30. The molecule has 1 heteroatoms. The zero-order valence-corrected chi connectivity index (χ0v) is 18.1. The van der Waals surface area contributed by atoms with Crippen LogP contribution in [0.1, 0.15) is 75.5 Å². The molecule has 4 aliphatic rings. The molecule has 0 aliphatic heterocycles. The van der Waals surface area contributed by atoms with Gasteiger partial charge in [-0.25, -0.2) is 0 Å². The first-order valence-electron chi connectivity index (χ1n) is 11.5. The van der Waals surface area contributed by atoms with Crippen molar-refractivity contribution in [2.45, 2.75) is 78.7 Å². The summed E-state index contributed by atoms with van der Waals surface area (Å²) in [5, 5.41) is 10.2. The number of aliphatic hydroxyl groups excluding tert-OH is 1. The molecular formula is C27H36O. The minimum atomic E-state index is -0.103. The number of hydrogen-bond donors (Lipinski definition) is 1. The summed E-state index contributed by atoms with van der Waals surface area (Å²) in [5.74, 6) is 2.39. The van der Waals surface area contributed by atoms with Crippen molar-refractivity contribution in [3.8, 4) is 0 Å². The highest BCUT2D eigenvalue weighted by Gasteiger charge is 2.56. The van der Waals surface area contributed by atoms with Crippen LogP contribution >= 0.6 is 0 Å². The third kappa shape index (κ3) is 2.48. The standard InChI is InChI=1S/C27H36O/c1-17-6-5-7-18(2)25(17)24-11-10-22-21-9-8-19-16-20(28)12-14-26(19,3)23(21)13-15-27(22,24)4/h5-8,11,20-23,28H,9-10,12-16H2,1-4H3. The van der Waals surface area contributed by atoms with Gasteiger partial charge in [-0.1, -0.05) is 49.8 Å². The van der Waals surface area contributed by atoms with E-state index in [0.29, 0.717) is 10.8 Å². The van der Waals surface area contributed by atoms with E-state index in [0.717, 1.165) is 30.6 Å². The van der Waals surface area contributed by atoms with Gasteiger partial charge in [-0.05, 0) is 110 Å². The molecule has 0 amide bonds. The summed E-state index contributed by atoms with van der Waals surface area (Å²) in [6.07, 6.45) is 13.3. The topological polar surface area (TPSA) is 20.2 Å². The highest BCUT2D eigenvalue weighted by atomic mass is 16.3. The van der Waals surface area contributed by atoms with Crippen LogP contribution < -0.4 is 0 Å². The first-order valence-corrected chi connectivity index (χ1v) is 11.5. The third-order valence-corrected chi connectivity index (χ3v) is 9.41. The summed E-state index contributed by atoms with van der Waals surface area (Å²) in [7, 11) is 0. The number of benzene rings is 1. The highest BCUT2D eigenvalue weighted by molar-refractivity contribution is 5.77. The molecule has 6 unspecified atom stereocenters. The molecule has 1 aromatic rings. The Bertz CT molecular complexity index is 841. The molecule has 0 spiro atoms. The number of allylic oxidation sites excluding steroid dienone is 3. The second kappa shape index (κ2) is 6.33. The highest BCUT2D eigenvalue weighted by Crippen LogP contribution is 2.66. The van der Waals surface area contributed by atoms with Crippen LogP contribution in [0, 0.1) is 42.4 Å². The van der Waals surface area contributed by atoms with Gasteiger partial charge in [-0.3, -0.25) is 0 Å². The van der Waals surface area contributed by atoms with Crippen molar-refractivity contribution in [2.75, 3.05) is 0 Å². The maximum atomic E-state index is 10.2. The average Bonchev–Trinajstić information content (AvgIpc) is 2.99. The molecule has 0 saturated heterocycles. The molecule has 6 atom stereocenters. The molecule has 28 heavy (non-hydrogen) atoms. The predicted molar refractivity (Wildman–Crippen MR) is 117 cm³/mol. The van der Waals surface area contributed by atoms with E-state index < -0.39 is 0 Å². The summed E-state index contributed by atoms with van der Waals surface area (Å²) < 4.78 is 0. The summed E-state index contributed by atoms with van der Waals surface area (Å²) in [6, 6.07) is 6.77.